The number of nitro groups is 1. The molecule has 0 bridgehead atoms. The smallest absolute Gasteiger partial charge is 0.350 e. The molecule has 0 aliphatic carbocycles. The molecule has 1 heterocycles. The molecule has 0 radical (unpaired) electrons. The Morgan fingerprint density at radius 1 is 1.10 bits per heavy atom. The highest BCUT2D eigenvalue weighted by Gasteiger charge is 2.26. The summed E-state index contributed by atoms with van der Waals surface area (Å²) in [6.07, 6.45) is 2.17. The van der Waals surface area contributed by atoms with Gasteiger partial charge in [0.15, 0.2) is 11.5 Å². The standard InChI is InChI=1S/C20H20N2O6S/c1-26-16-11-13(19(29)21-9-5-6-10-21)12-17(27-2)18(16)28-20(23)14-7-3-4-8-15(14)22(24)25/h3-4,7-8,11-12H,5-6,9-10H2,1-2H3. The maximum Gasteiger partial charge on any atom is 0.350 e. The molecule has 0 aromatic heterocycles. The van der Waals surface area contributed by atoms with Crippen molar-refractivity contribution in [2.75, 3.05) is 27.3 Å². The van der Waals surface area contributed by atoms with Gasteiger partial charge in [0.2, 0.25) is 5.75 Å². The van der Waals surface area contributed by atoms with Gasteiger partial charge in [0, 0.05) is 24.7 Å². The summed E-state index contributed by atoms with van der Waals surface area (Å²) in [4.78, 5) is 26.0. The van der Waals surface area contributed by atoms with Gasteiger partial charge in [-0.05, 0) is 31.0 Å². The number of hydrogen-bond acceptors (Lipinski definition) is 7. The summed E-state index contributed by atoms with van der Waals surface area (Å²) in [6, 6.07) is 8.91. The lowest BCUT2D eigenvalue weighted by molar-refractivity contribution is -0.385. The molecule has 1 fully saturated rings. The number of para-hydroxylation sites is 1. The summed E-state index contributed by atoms with van der Waals surface area (Å²) < 4.78 is 16.2. The zero-order chi connectivity index (χ0) is 21.0. The Bertz CT molecular complexity index is 931. The van der Waals surface area contributed by atoms with E-state index in [1.165, 1.54) is 38.5 Å². The quantitative estimate of drug-likeness (QED) is 0.232. The molecule has 152 valence electrons. The first-order valence-electron chi connectivity index (χ1n) is 8.97. The minimum absolute atomic E-state index is 0.0334. The highest BCUT2D eigenvalue weighted by atomic mass is 32.1. The van der Waals surface area contributed by atoms with Crippen LogP contribution in [0.2, 0.25) is 0 Å². The van der Waals surface area contributed by atoms with Gasteiger partial charge in [-0.3, -0.25) is 10.1 Å². The molecule has 3 rings (SSSR count). The molecule has 0 atom stereocenters. The van der Waals surface area contributed by atoms with E-state index in [9.17, 15) is 14.9 Å². The second-order valence-corrected chi connectivity index (χ2v) is 6.76. The molecule has 0 amide bonds. The molecule has 9 heteroatoms. The third-order valence-corrected chi connectivity index (χ3v) is 5.11. The summed E-state index contributed by atoms with van der Waals surface area (Å²) in [6.45, 7) is 1.77. The summed E-state index contributed by atoms with van der Waals surface area (Å²) in [5.74, 6) is -0.365. The van der Waals surface area contributed by atoms with Crippen LogP contribution in [-0.2, 0) is 0 Å². The highest BCUT2D eigenvalue weighted by Crippen LogP contribution is 2.40. The lowest BCUT2D eigenvalue weighted by Crippen LogP contribution is -2.26. The number of carbonyl (C=O) groups excluding carboxylic acids is 1. The molecule has 0 saturated carbocycles. The van der Waals surface area contributed by atoms with Gasteiger partial charge in [0.05, 0.1) is 19.1 Å². The molecule has 0 N–H and O–H groups in total. The zero-order valence-corrected chi connectivity index (χ0v) is 16.9. The lowest BCUT2D eigenvalue weighted by Gasteiger charge is -2.21. The summed E-state index contributed by atoms with van der Waals surface area (Å²) in [5.41, 5.74) is 0.196. The predicted octanol–water partition coefficient (Wildman–Crippen LogP) is 3.60. The van der Waals surface area contributed by atoms with Gasteiger partial charge >= 0.3 is 5.97 Å². The zero-order valence-electron chi connectivity index (χ0n) is 16.0. The number of esters is 1. The molecular weight excluding hydrogens is 396 g/mol. The van der Waals surface area contributed by atoms with Crippen molar-refractivity contribution in [2.45, 2.75) is 12.8 Å². The van der Waals surface area contributed by atoms with Crippen molar-refractivity contribution in [1.82, 2.24) is 4.90 Å². The Kier molecular flexibility index (Phi) is 6.28. The molecular formula is C20H20N2O6S. The summed E-state index contributed by atoms with van der Waals surface area (Å²) >= 11 is 5.58. The fourth-order valence-electron chi connectivity index (χ4n) is 3.16. The van der Waals surface area contributed by atoms with E-state index in [4.69, 9.17) is 26.4 Å². The monoisotopic (exact) mass is 416 g/mol. The van der Waals surface area contributed by atoms with E-state index in [0.29, 0.717) is 10.6 Å². The van der Waals surface area contributed by atoms with Crippen molar-refractivity contribution in [2.24, 2.45) is 0 Å². The van der Waals surface area contributed by atoms with Crippen molar-refractivity contribution >= 4 is 28.9 Å². The summed E-state index contributed by atoms with van der Waals surface area (Å²) in [5, 5.41) is 11.2. The molecule has 1 aliphatic heterocycles. The van der Waals surface area contributed by atoms with Crippen molar-refractivity contribution in [3.63, 3.8) is 0 Å². The van der Waals surface area contributed by atoms with Gasteiger partial charge in [0.25, 0.3) is 5.69 Å². The Balaban J connectivity index is 1.96. The second-order valence-electron chi connectivity index (χ2n) is 6.37. The van der Waals surface area contributed by atoms with Gasteiger partial charge in [-0.2, -0.15) is 0 Å². The fraction of sp³-hybridized carbons (Fsp3) is 0.300. The van der Waals surface area contributed by atoms with Gasteiger partial charge in [-0.1, -0.05) is 24.4 Å². The van der Waals surface area contributed by atoms with E-state index in [1.54, 1.807) is 12.1 Å². The first kappa shape index (κ1) is 20.5. The SMILES string of the molecule is COc1cc(C(=S)N2CCCC2)cc(OC)c1OC(=O)c1ccccc1[N+](=O)[O-]. The number of hydrogen-bond donors (Lipinski definition) is 0. The third kappa shape index (κ3) is 4.29. The predicted molar refractivity (Wildman–Crippen MR) is 110 cm³/mol. The average molecular weight is 416 g/mol. The van der Waals surface area contributed by atoms with Crippen LogP contribution >= 0.6 is 12.2 Å². The molecule has 8 nitrogen and oxygen atoms in total. The number of methoxy groups -OCH3 is 2. The van der Waals surface area contributed by atoms with Crippen LogP contribution in [0, 0.1) is 10.1 Å². The highest BCUT2D eigenvalue weighted by molar-refractivity contribution is 7.80. The van der Waals surface area contributed by atoms with Crippen molar-refractivity contribution in [3.05, 3.63) is 57.6 Å². The Hall–Kier alpha value is -3.20. The number of thiocarbonyl (C=S) groups is 1. The number of nitrogens with zero attached hydrogens (tertiary/aromatic N) is 2. The Labute approximate surface area is 173 Å². The van der Waals surface area contributed by atoms with Gasteiger partial charge in [-0.25, -0.2) is 4.79 Å². The van der Waals surface area contributed by atoms with Crippen LogP contribution in [0.5, 0.6) is 17.2 Å². The number of ether oxygens (including phenoxy) is 3. The van der Waals surface area contributed by atoms with E-state index in [1.807, 2.05) is 0 Å². The second kappa shape index (κ2) is 8.87. The number of likely N-dealkylation sites (tertiary alicyclic amines) is 1. The number of carbonyl (C=O) groups is 1. The number of benzene rings is 2. The summed E-state index contributed by atoms with van der Waals surface area (Å²) in [7, 11) is 2.86. The van der Waals surface area contributed by atoms with Crippen LogP contribution < -0.4 is 14.2 Å². The van der Waals surface area contributed by atoms with Gasteiger partial charge < -0.3 is 19.1 Å². The molecule has 1 saturated heterocycles. The van der Waals surface area contributed by atoms with E-state index in [2.05, 4.69) is 4.90 Å². The van der Waals surface area contributed by atoms with Crippen LogP contribution in [0.25, 0.3) is 0 Å². The lowest BCUT2D eigenvalue weighted by atomic mass is 10.1. The van der Waals surface area contributed by atoms with Crippen molar-refractivity contribution < 1.29 is 23.9 Å². The van der Waals surface area contributed by atoms with E-state index in [-0.39, 0.29) is 28.5 Å². The van der Waals surface area contributed by atoms with E-state index >= 15 is 0 Å². The van der Waals surface area contributed by atoms with Crippen molar-refractivity contribution in [1.29, 1.82) is 0 Å². The molecule has 2 aromatic carbocycles. The minimum Gasteiger partial charge on any atom is -0.493 e. The number of nitro benzene ring substituents is 1. The molecule has 29 heavy (non-hydrogen) atoms. The van der Waals surface area contributed by atoms with Gasteiger partial charge in [-0.15, -0.1) is 0 Å². The van der Waals surface area contributed by atoms with Crippen LogP contribution in [0.1, 0.15) is 28.8 Å². The molecule has 0 spiro atoms. The van der Waals surface area contributed by atoms with Crippen LogP contribution in [0.15, 0.2) is 36.4 Å². The Morgan fingerprint density at radius 2 is 1.69 bits per heavy atom. The third-order valence-electron chi connectivity index (χ3n) is 4.62. The topological polar surface area (TPSA) is 91.1 Å². The van der Waals surface area contributed by atoms with Crippen molar-refractivity contribution in [3.8, 4) is 17.2 Å². The van der Waals surface area contributed by atoms with Crippen LogP contribution in [-0.4, -0.2) is 48.1 Å². The normalized spacial score (nSPS) is 13.1. The average Bonchev–Trinajstić information content (AvgIpc) is 3.28. The molecule has 2 aromatic rings. The fourth-order valence-corrected chi connectivity index (χ4v) is 3.46. The maximum atomic E-state index is 12.6. The first-order chi connectivity index (χ1) is 14.0. The van der Waals surface area contributed by atoms with Crippen LogP contribution in [0.4, 0.5) is 5.69 Å². The Morgan fingerprint density at radius 3 is 2.24 bits per heavy atom. The largest absolute Gasteiger partial charge is 0.493 e. The molecule has 0 unspecified atom stereocenters. The van der Waals surface area contributed by atoms with E-state index < -0.39 is 10.9 Å². The number of rotatable bonds is 6. The first-order valence-corrected chi connectivity index (χ1v) is 9.38. The van der Waals surface area contributed by atoms with Gasteiger partial charge in [0.1, 0.15) is 10.6 Å². The minimum atomic E-state index is -0.885. The maximum absolute atomic E-state index is 12.6. The van der Waals surface area contributed by atoms with E-state index in [0.717, 1.165) is 25.9 Å². The molecule has 1 aliphatic rings. The van der Waals surface area contributed by atoms with Crippen LogP contribution in [0.3, 0.4) is 0 Å².